The highest BCUT2D eigenvalue weighted by atomic mass is 35.5. The Morgan fingerprint density at radius 3 is 2.57 bits per heavy atom. The van der Waals surface area contributed by atoms with Gasteiger partial charge in [0.15, 0.2) is 0 Å². The molecule has 0 aromatic heterocycles. The predicted molar refractivity (Wildman–Crippen MR) is 87.5 cm³/mol. The van der Waals surface area contributed by atoms with Gasteiger partial charge in [0.05, 0.1) is 0 Å². The Bertz CT molecular complexity index is 524. The van der Waals surface area contributed by atoms with Crippen molar-refractivity contribution in [2.24, 2.45) is 5.73 Å². The molecule has 1 aliphatic rings. The van der Waals surface area contributed by atoms with Gasteiger partial charge in [-0.3, -0.25) is 0 Å². The molecule has 7 heteroatoms. The van der Waals surface area contributed by atoms with Gasteiger partial charge in [0.25, 0.3) is 10.2 Å². The average Bonchev–Trinajstić information content (AvgIpc) is 2.45. The van der Waals surface area contributed by atoms with E-state index in [1.807, 2.05) is 37.3 Å². The minimum atomic E-state index is -3.42. The van der Waals surface area contributed by atoms with Crippen LogP contribution in [0.25, 0.3) is 0 Å². The molecular formula is C14H24ClN3O2S. The summed E-state index contributed by atoms with van der Waals surface area (Å²) in [5, 5.41) is 0. The number of hydrogen-bond donors (Lipinski definition) is 1. The number of hydrogen-bond acceptors (Lipinski definition) is 3. The Kier molecular flexibility index (Phi) is 7.09. The van der Waals surface area contributed by atoms with Gasteiger partial charge in [-0.25, -0.2) is 0 Å². The average molecular weight is 334 g/mol. The minimum absolute atomic E-state index is 0. The fourth-order valence-electron chi connectivity index (χ4n) is 2.49. The van der Waals surface area contributed by atoms with Crippen molar-refractivity contribution in [3.05, 3.63) is 35.9 Å². The van der Waals surface area contributed by atoms with Gasteiger partial charge in [0, 0.05) is 32.2 Å². The quantitative estimate of drug-likeness (QED) is 0.890. The van der Waals surface area contributed by atoms with Gasteiger partial charge in [0.1, 0.15) is 0 Å². The molecule has 1 unspecified atom stereocenters. The Morgan fingerprint density at radius 1 is 1.33 bits per heavy atom. The lowest BCUT2D eigenvalue weighted by Crippen LogP contribution is -2.50. The van der Waals surface area contributed by atoms with E-state index >= 15 is 0 Å². The SMILES string of the molecule is CCN(Cc1ccccc1)S(=O)(=O)N1CCCC(N)C1.Cl. The molecule has 0 saturated carbocycles. The third-order valence-electron chi connectivity index (χ3n) is 3.63. The van der Waals surface area contributed by atoms with Crippen LogP contribution >= 0.6 is 12.4 Å². The lowest BCUT2D eigenvalue weighted by atomic mass is 10.1. The predicted octanol–water partition coefficient (Wildman–Crippen LogP) is 1.60. The molecule has 0 amide bonds. The van der Waals surface area contributed by atoms with Crippen LogP contribution in [0.1, 0.15) is 25.3 Å². The summed E-state index contributed by atoms with van der Waals surface area (Å²) in [6, 6.07) is 9.62. The molecule has 1 heterocycles. The van der Waals surface area contributed by atoms with Crippen LogP contribution in [-0.2, 0) is 16.8 Å². The van der Waals surface area contributed by atoms with E-state index < -0.39 is 10.2 Å². The Hall–Kier alpha value is -0.660. The summed E-state index contributed by atoms with van der Waals surface area (Å²) in [6.45, 7) is 3.73. The van der Waals surface area contributed by atoms with Gasteiger partial charge in [0.2, 0.25) is 0 Å². The zero-order valence-corrected chi connectivity index (χ0v) is 13.9. The second-order valence-electron chi connectivity index (χ2n) is 5.18. The van der Waals surface area contributed by atoms with Crippen molar-refractivity contribution in [2.45, 2.75) is 32.4 Å². The van der Waals surface area contributed by atoms with Crippen molar-refractivity contribution in [1.82, 2.24) is 8.61 Å². The van der Waals surface area contributed by atoms with Crippen LogP contribution in [0.3, 0.4) is 0 Å². The fraction of sp³-hybridized carbons (Fsp3) is 0.571. The van der Waals surface area contributed by atoms with Crippen molar-refractivity contribution in [2.75, 3.05) is 19.6 Å². The largest absolute Gasteiger partial charge is 0.327 e. The molecule has 2 N–H and O–H groups in total. The molecule has 0 bridgehead atoms. The van der Waals surface area contributed by atoms with Gasteiger partial charge >= 0.3 is 0 Å². The Balaban J connectivity index is 0.00000220. The monoisotopic (exact) mass is 333 g/mol. The molecule has 0 spiro atoms. The number of halogens is 1. The first kappa shape index (κ1) is 18.4. The summed E-state index contributed by atoms with van der Waals surface area (Å²) in [5.41, 5.74) is 6.89. The second-order valence-corrected chi connectivity index (χ2v) is 7.11. The van der Waals surface area contributed by atoms with Crippen LogP contribution in [0.2, 0.25) is 0 Å². The van der Waals surface area contributed by atoms with Crippen LogP contribution in [0.5, 0.6) is 0 Å². The molecule has 5 nitrogen and oxygen atoms in total. The smallest absolute Gasteiger partial charge is 0.282 e. The molecule has 1 aliphatic heterocycles. The normalized spacial score (nSPS) is 20.2. The topological polar surface area (TPSA) is 66.6 Å². The van der Waals surface area contributed by atoms with Gasteiger partial charge in [-0.05, 0) is 18.4 Å². The highest BCUT2D eigenvalue weighted by molar-refractivity contribution is 7.86. The molecule has 21 heavy (non-hydrogen) atoms. The molecule has 2 rings (SSSR count). The van der Waals surface area contributed by atoms with Gasteiger partial charge < -0.3 is 5.73 Å². The highest BCUT2D eigenvalue weighted by Crippen LogP contribution is 2.18. The number of nitrogens with two attached hydrogens (primary N) is 1. The molecular weight excluding hydrogens is 310 g/mol. The van der Waals surface area contributed by atoms with Crippen molar-refractivity contribution in [1.29, 1.82) is 0 Å². The maximum atomic E-state index is 12.7. The van der Waals surface area contributed by atoms with Crippen molar-refractivity contribution in [3.63, 3.8) is 0 Å². The highest BCUT2D eigenvalue weighted by Gasteiger charge is 2.31. The molecule has 1 aromatic rings. The molecule has 0 aliphatic carbocycles. The number of nitrogens with zero attached hydrogens (tertiary/aromatic N) is 2. The number of piperidine rings is 1. The maximum absolute atomic E-state index is 12.7. The fourth-order valence-corrected chi connectivity index (χ4v) is 4.20. The molecule has 1 atom stereocenters. The first-order valence-corrected chi connectivity index (χ1v) is 8.48. The van der Waals surface area contributed by atoms with Gasteiger partial charge in [-0.15, -0.1) is 12.4 Å². The summed E-state index contributed by atoms with van der Waals surface area (Å²) < 4.78 is 28.4. The van der Waals surface area contributed by atoms with Crippen molar-refractivity contribution >= 4 is 22.6 Å². The van der Waals surface area contributed by atoms with Crippen LogP contribution in [-0.4, -0.2) is 42.7 Å². The minimum Gasteiger partial charge on any atom is -0.327 e. The van der Waals surface area contributed by atoms with Crippen molar-refractivity contribution in [3.8, 4) is 0 Å². The van der Waals surface area contributed by atoms with E-state index in [-0.39, 0.29) is 18.4 Å². The first-order valence-electron chi connectivity index (χ1n) is 7.08. The summed E-state index contributed by atoms with van der Waals surface area (Å²) in [5.74, 6) is 0. The van der Waals surface area contributed by atoms with E-state index in [0.29, 0.717) is 26.2 Å². The summed E-state index contributed by atoms with van der Waals surface area (Å²) in [7, 11) is -3.42. The van der Waals surface area contributed by atoms with E-state index in [4.69, 9.17) is 5.73 Å². The lowest BCUT2D eigenvalue weighted by Gasteiger charge is -2.34. The van der Waals surface area contributed by atoms with Gasteiger partial charge in [-0.1, -0.05) is 37.3 Å². The van der Waals surface area contributed by atoms with Crippen LogP contribution < -0.4 is 5.73 Å². The zero-order chi connectivity index (χ0) is 14.6. The third kappa shape index (κ3) is 4.66. The van der Waals surface area contributed by atoms with E-state index in [1.54, 1.807) is 0 Å². The summed E-state index contributed by atoms with van der Waals surface area (Å²) >= 11 is 0. The molecule has 1 saturated heterocycles. The maximum Gasteiger partial charge on any atom is 0.282 e. The number of rotatable bonds is 5. The summed E-state index contributed by atoms with van der Waals surface area (Å²) in [6.07, 6.45) is 1.74. The standard InChI is InChI=1S/C14H23N3O2S.ClH/c1-2-16(11-13-7-4-3-5-8-13)20(18,19)17-10-6-9-14(15)12-17;/h3-5,7-8,14H,2,6,9-12,15H2,1H3;1H. The zero-order valence-electron chi connectivity index (χ0n) is 12.3. The van der Waals surface area contributed by atoms with Crippen LogP contribution in [0.4, 0.5) is 0 Å². The van der Waals surface area contributed by atoms with Crippen LogP contribution in [0, 0.1) is 0 Å². The van der Waals surface area contributed by atoms with E-state index in [2.05, 4.69) is 0 Å². The number of benzene rings is 1. The molecule has 0 radical (unpaired) electrons. The molecule has 120 valence electrons. The molecule has 1 fully saturated rings. The third-order valence-corrected chi connectivity index (χ3v) is 5.65. The lowest BCUT2D eigenvalue weighted by molar-refractivity contribution is 0.284. The first-order chi connectivity index (χ1) is 9.54. The van der Waals surface area contributed by atoms with Gasteiger partial charge in [-0.2, -0.15) is 17.0 Å². The second kappa shape index (κ2) is 8.10. The van der Waals surface area contributed by atoms with E-state index in [9.17, 15) is 8.42 Å². The Morgan fingerprint density at radius 2 is 2.00 bits per heavy atom. The van der Waals surface area contributed by atoms with E-state index in [0.717, 1.165) is 18.4 Å². The van der Waals surface area contributed by atoms with Crippen LogP contribution in [0.15, 0.2) is 30.3 Å². The molecule has 1 aromatic carbocycles. The van der Waals surface area contributed by atoms with Crippen molar-refractivity contribution < 1.29 is 8.42 Å². The summed E-state index contributed by atoms with van der Waals surface area (Å²) in [4.78, 5) is 0. The Labute approximate surface area is 133 Å². The van der Waals surface area contributed by atoms with E-state index in [1.165, 1.54) is 8.61 Å².